The zero-order valence-electron chi connectivity index (χ0n) is 16.6. The Morgan fingerprint density at radius 1 is 0.967 bits per heavy atom. The predicted octanol–water partition coefficient (Wildman–Crippen LogP) is 4.48. The molecule has 0 radical (unpaired) electrons. The van der Waals surface area contributed by atoms with Crippen LogP contribution < -0.4 is 14.8 Å². The van der Waals surface area contributed by atoms with Crippen LogP contribution >= 0.6 is 0 Å². The van der Waals surface area contributed by atoms with E-state index in [0.29, 0.717) is 24.8 Å². The van der Waals surface area contributed by atoms with E-state index in [1.165, 1.54) is 12.8 Å². The predicted molar refractivity (Wildman–Crippen MR) is 117 cm³/mol. The van der Waals surface area contributed by atoms with Crippen molar-refractivity contribution in [1.29, 1.82) is 0 Å². The van der Waals surface area contributed by atoms with E-state index < -0.39 is 10.0 Å². The fourth-order valence-corrected chi connectivity index (χ4v) is 4.16. The van der Waals surface area contributed by atoms with Gasteiger partial charge in [0.2, 0.25) is 10.0 Å². The van der Waals surface area contributed by atoms with Crippen LogP contribution in [-0.2, 0) is 16.6 Å². The molecule has 3 aromatic rings. The highest BCUT2D eigenvalue weighted by molar-refractivity contribution is 7.89. The van der Waals surface area contributed by atoms with Gasteiger partial charge in [-0.2, -0.15) is 0 Å². The first-order valence-corrected chi connectivity index (χ1v) is 11.6. The van der Waals surface area contributed by atoms with Gasteiger partial charge in [0, 0.05) is 24.1 Å². The van der Waals surface area contributed by atoms with E-state index in [9.17, 15) is 8.42 Å². The van der Waals surface area contributed by atoms with Crippen molar-refractivity contribution in [3.63, 3.8) is 0 Å². The van der Waals surface area contributed by atoms with Crippen LogP contribution in [0.25, 0.3) is 0 Å². The molecule has 1 fully saturated rings. The third-order valence-electron chi connectivity index (χ3n) is 4.94. The summed E-state index contributed by atoms with van der Waals surface area (Å²) in [6, 6.07) is 20.1. The molecule has 30 heavy (non-hydrogen) atoms. The summed E-state index contributed by atoms with van der Waals surface area (Å²) in [6.07, 6.45) is 5.08. The zero-order valence-corrected chi connectivity index (χ0v) is 17.4. The molecule has 4 rings (SSSR count). The SMILES string of the molecule is O=S(=O)(NCCC1CC1)c1cccc(Nc2ccc(OCc3ccccn3)cc2)c1. The number of sulfonamides is 1. The van der Waals surface area contributed by atoms with Crippen LogP contribution in [0.4, 0.5) is 11.4 Å². The fraction of sp³-hybridized carbons (Fsp3) is 0.261. The normalized spacial score (nSPS) is 13.7. The first kappa shape index (κ1) is 20.4. The molecule has 0 atom stereocenters. The number of rotatable bonds is 10. The molecule has 1 saturated carbocycles. The number of nitrogens with one attached hydrogen (secondary N) is 2. The Morgan fingerprint density at radius 3 is 2.53 bits per heavy atom. The van der Waals surface area contributed by atoms with Gasteiger partial charge in [0.05, 0.1) is 10.6 Å². The Balaban J connectivity index is 1.35. The van der Waals surface area contributed by atoms with E-state index in [2.05, 4.69) is 15.0 Å². The van der Waals surface area contributed by atoms with Gasteiger partial charge in [0.15, 0.2) is 0 Å². The number of anilines is 2. The van der Waals surface area contributed by atoms with Crippen molar-refractivity contribution in [1.82, 2.24) is 9.71 Å². The largest absolute Gasteiger partial charge is 0.487 e. The lowest BCUT2D eigenvalue weighted by Crippen LogP contribution is -2.25. The van der Waals surface area contributed by atoms with E-state index >= 15 is 0 Å². The molecular weight excluding hydrogens is 398 g/mol. The van der Waals surface area contributed by atoms with Crippen LogP contribution in [0.3, 0.4) is 0 Å². The van der Waals surface area contributed by atoms with Gasteiger partial charge < -0.3 is 10.1 Å². The molecule has 0 aliphatic heterocycles. The van der Waals surface area contributed by atoms with Crippen LogP contribution in [0.2, 0.25) is 0 Å². The van der Waals surface area contributed by atoms with Gasteiger partial charge in [-0.05, 0) is 66.9 Å². The number of hydrogen-bond acceptors (Lipinski definition) is 5. The number of hydrogen-bond donors (Lipinski definition) is 2. The number of benzene rings is 2. The number of nitrogens with zero attached hydrogens (tertiary/aromatic N) is 1. The fourth-order valence-electron chi connectivity index (χ4n) is 3.07. The van der Waals surface area contributed by atoms with Crippen LogP contribution in [0.15, 0.2) is 77.8 Å². The van der Waals surface area contributed by atoms with Crippen LogP contribution in [-0.4, -0.2) is 19.9 Å². The Kier molecular flexibility index (Phi) is 6.30. The first-order chi connectivity index (χ1) is 14.6. The van der Waals surface area contributed by atoms with E-state index in [4.69, 9.17) is 4.74 Å². The summed E-state index contributed by atoms with van der Waals surface area (Å²) < 4.78 is 33.5. The molecule has 0 amide bonds. The average molecular weight is 424 g/mol. The second-order valence-electron chi connectivity index (χ2n) is 7.42. The number of pyridine rings is 1. The minimum atomic E-state index is -3.50. The number of aromatic nitrogens is 1. The minimum absolute atomic E-state index is 0.263. The minimum Gasteiger partial charge on any atom is -0.487 e. The molecule has 7 heteroatoms. The molecule has 0 bridgehead atoms. The summed E-state index contributed by atoms with van der Waals surface area (Å²) in [5.74, 6) is 1.43. The van der Waals surface area contributed by atoms with Gasteiger partial charge in [-0.25, -0.2) is 13.1 Å². The molecule has 1 aliphatic rings. The Morgan fingerprint density at radius 2 is 1.80 bits per heavy atom. The standard InChI is InChI=1S/C23H25N3O3S/c27-30(28,25-15-13-18-7-8-18)23-6-3-5-20(16-23)26-19-9-11-22(12-10-19)29-17-21-4-1-2-14-24-21/h1-6,9-12,14,16,18,25-26H,7-8,13,15,17H2. The highest BCUT2D eigenvalue weighted by Gasteiger charge is 2.22. The highest BCUT2D eigenvalue weighted by atomic mass is 32.2. The lowest BCUT2D eigenvalue weighted by Gasteiger charge is -2.11. The third-order valence-corrected chi connectivity index (χ3v) is 6.40. The maximum Gasteiger partial charge on any atom is 0.240 e. The van der Waals surface area contributed by atoms with Gasteiger partial charge in [0.1, 0.15) is 12.4 Å². The quantitative estimate of drug-likeness (QED) is 0.502. The maximum atomic E-state index is 12.5. The Hall–Kier alpha value is -2.90. The van der Waals surface area contributed by atoms with E-state index in [-0.39, 0.29) is 4.90 Å². The molecule has 1 heterocycles. The molecule has 0 saturated heterocycles. The maximum absolute atomic E-state index is 12.5. The van der Waals surface area contributed by atoms with Crippen molar-refractivity contribution >= 4 is 21.4 Å². The Bertz CT molecular complexity index is 1070. The molecule has 2 N–H and O–H groups in total. The summed E-state index contributed by atoms with van der Waals surface area (Å²) >= 11 is 0. The molecule has 0 unspecified atom stereocenters. The molecule has 0 spiro atoms. The third kappa shape index (κ3) is 5.81. The monoisotopic (exact) mass is 423 g/mol. The smallest absolute Gasteiger partial charge is 0.240 e. The molecular formula is C23H25N3O3S. The van der Waals surface area contributed by atoms with Crippen molar-refractivity contribution in [2.75, 3.05) is 11.9 Å². The topological polar surface area (TPSA) is 80.3 Å². The van der Waals surface area contributed by atoms with E-state index in [1.54, 1.807) is 24.4 Å². The van der Waals surface area contributed by atoms with Crippen LogP contribution in [0, 0.1) is 5.92 Å². The number of ether oxygens (including phenoxy) is 1. The summed E-state index contributed by atoms with van der Waals surface area (Å²) in [7, 11) is -3.50. The lowest BCUT2D eigenvalue weighted by atomic mass is 10.2. The van der Waals surface area contributed by atoms with Gasteiger partial charge in [0.25, 0.3) is 0 Å². The molecule has 1 aliphatic carbocycles. The second kappa shape index (κ2) is 9.28. The highest BCUT2D eigenvalue weighted by Crippen LogP contribution is 2.32. The van der Waals surface area contributed by atoms with Crippen molar-refractivity contribution in [3.8, 4) is 5.75 Å². The average Bonchev–Trinajstić information content (AvgIpc) is 3.59. The van der Waals surface area contributed by atoms with E-state index in [0.717, 1.165) is 23.6 Å². The molecule has 2 aromatic carbocycles. The van der Waals surface area contributed by atoms with Gasteiger partial charge >= 0.3 is 0 Å². The van der Waals surface area contributed by atoms with Crippen LogP contribution in [0.5, 0.6) is 5.75 Å². The van der Waals surface area contributed by atoms with E-state index in [1.807, 2.05) is 48.5 Å². The van der Waals surface area contributed by atoms with Crippen LogP contribution in [0.1, 0.15) is 25.0 Å². The molecule has 156 valence electrons. The first-order valence-electron chi connectivity index (χ1n) is 10.1. The second-order valence-corrected chi connectivity index (χ2v) is 9.18. The van der Waals surface area contributed by atoms with Crippen molar-refractivity contribution in [2.24, 2.45) is 5.92 Å². The van der Waals surface area contributed by atoms with Gasteiger partial charge in [-0.3, -0.25) is 4.98 Å². The van der Waals surface area contributed by atoms with Crippen molar-refractivity contribution < 1.29 is 13.2 Å². The molecule has 6 nitrogen and oxygen atoms in total. The summed E-state index contributed by atoms with van der Waals surface area (Å²) in [5, 5.41) is 3.24. The molecule has 1 aromatic heterocycles. The van der Waals surface area contributed by atoms with Gasteiger partial charge in [-0.15, -0.1) is 0 Å². The summed E-state index contributed by atoms with van der Waals surface area (Å²) in [4.78, 5) is 4.50. The van der Waals surface area contributed by atoms with Crippen molar-refractivity contribution in [2.45, 2.75) is 30.8 Å². The summed E-state index contributed by atoms with van der Waals surface area (Å²) in [6.45, 7) is 0.895. The van der Waals surface area contributed by atoms with Crippen molar-refractivity contribution in [3.05, 3.63) is 78.6 Å². The summed E-state index contributed by atoms with van der Waals surface area (Å²) in [5.41, 5.74) is 2.42. The lowest BCUT2D eigenvalue weighted by molar-refractivity contribution is 0.301. The van der Waals surface area contributed by atoms with Gasteiger partial charge in [-0.1, -0.05) is 25.0 Å². The Labute approximate surface area is 177 Å². The zero-order chi connectivity index (χ0) is 20.8.